The Hall–Kier alpha value is -1.98. The molecule has 5 nitrogen and oxygen atoms in total. The molecule has 1 aromatic heterocycles. The predicted molar refractivity (Wildman–Crippen MR) is 59.8 cm³/mol. The summed E-state index contributed by atoms with van der Waals surface area (Å²) in [7, 11) is 1.46. The van der Waals surface area contributed by atoms with Crippen LogP contribution in [0.5, 0.6) is 0 Å². The monoisotopic (exact) mass is 239 g/mol. The zero-order valence-corrected chi connectivity index (χ0v) is 9.74. The minimum atomic E-state index is -0.720. The van der Waals surface area contributed by atoms with E-state index in [0.29, 0.717) is 6.54 Å². The van der Waals surface area contributed by atoms with Crippen molar-refractivity contribution >= 4 is 11.8 Å². The average molecular weight is 239 g/mol. The van der Waals surface area contributed by atoms with Crippen molar-refractivity contribution in [1.29, 1.82) is 0 Å². The number of nitrogens with one attached hydrogen (secondary N) is 1. The van der Waals surface area contributed by atoms with Gasteiger partial charge in [-0.2, -0.15) is 4.39 Å². The molecule has 0 aliphatic rings. The van der Waals surface area contributed by atoms with Crippen molar-refractivity contribution in [2.24, 2.45) is 0 Å². The molecule has 0 bridgehead atoms. The molecule has 0 spiro atoms. The van der Waals surface area contributed by atoms with Gasteiger partial charge in [0.05, 0.1) is 6.54 Å². The molecule has 17 heavy (non-hydrogen) atoms. The third-order valence-electron chi connectivity index (χ3n) is 2.04. The highest BCUT2D eigenvalue weighted by Crippen LogP contribution is 2.01. The number of likely N-dealkylation sites (N-methyl/N-ethyl adjacent to an activating group) is 2. The molecular formula is C11H14FN3O2. The van der Waals surface area contributed by atoms with Gasteiger partial charge in [0.1, 0.15) is 5.69 Å². The van der Waals surface area contributed by atoms with E-state index in [1.807, 2.05) is 0 Å². The van der Waals surface area contributed by atoms with Crippen molar-refractivity contribution in [3.05, 3.63) is 29.8 Å². The topological polar surface area (TPSA) is 62.3 Å². The summed E-state index contributed by atoms with van der Waals surface area (Å²) in [5.41, 5.74) is -0.0169. The van der Waals surface area contributed by atoms with E-state index in [1.165, 1.54) is 24.1 Å². The van der Waals surface area contributed by atoms with E-state index in [1.54, 1.807) is 6.92 Å². The van der Waals surface area contributed by atoms with Crippen molar-refractivity contribution in [3.8, 4) is 0 Å². The van der Waals surface area contributed by atoms with Gasteiger partial charge in [-0.1, -0.05) is 6.07 Å². The molecule has 0 atom stereocenters. The molecule has 6 heteroatoms. The summed E-state index contributed by atoms with van der Waals surface area (Å²) in [5.74, 6) is -1.47. The Kier molecular flexibility index (Phi) is 4.56. The van der Waals surface area contributed by atoms with Crippen LogP contribution < -0.4 is 5.32 Å². The van der Waals surface area contributed by atoms with Crippen LogP contribution in [0.3, 0.4) is 0 Å². The number of aromatic nitrogens is 1. The molecule has 0 saturated carbocycles. The van der Waals surface area contributed by atoms with Gasteiger partial charge in [0, 0.05) is 13.6 Å². The van der Waals surface area contributed by atoms with Gasteiger partial charge in [0.25, 0.3) is 5.91 Å². The summed E-state index contributed by atoms with van der Waals surface area (Å²) in [4.78, 5) is 27.7. The lowest BCUT2D eigenvalue weighted by Crippen LogP contribution is -2.38. The first-order chi connectivity index (χ1) is 8.04. The molecule has 0 aromatic carbocycles. The highest BCUT2D eigenvalue weighted by molar-refractivity contribution is 5.94. The van der Waals surface area contributed by atoms with E-state index in [0.717, 1.165) is 6.07 Å². The standard InChI is InChI=1S/C11H14FN3O2/c1-3-13-10(16)7-15(2)11(17)8-5-4-6-9(12)14-8/h4-6H,3,7H2,1-2H3,(H,13,16). The second-order valence-electron chi connectivity index (χ2n) is 3.46. The molecule has 0 radical (unpaired) electrons. The molecule has 0 fully saturated rings. The lowest BCUT2D eigenvalue weighted by Gasteiger charge is -2.15. The predicted octanol–water partition coefficient (Wildman–Crippen LogP) is 0.429. The summed E-state index contributed by atoms with van der Waals surface area (Å²) in [6.07, 6.45) is 0. The van der Waals surface area contributed by atoms with Gasteiger partial charge in [-0.05, 0) is 19.1 Å². The van der Waals surface area contributed by atoms with E-state index in [2.05, 4.69) is 10.3 Å². The van der Waals surface area contributed by atoms with E-state index in [9.17, 15) is 14.0 Å². The van der Waals surface area contributed by atoms with Gasteiger partial charge in [0.2, 0.25) is 11.9 Å². The second-order valence-corrected chi connectivity index (χ2v) is 3.46. The molecule has 1 N–H and O–H groups in total. The SMILES string of the molecule is CCNC(=O)CN(C)C(=O)c1cccc(F)n1. The van der Waals surface area contributed by atoms with Crippen LogP contribution in [0.4, 0.5) is 4.39 Å². The Morgan fingerprint density at radius 1 is 1.47 bits per heavy atom. The van der Waals surface area contributed by atoms with Gasteiger partial charge in [-0.25, -0.2) is 4.98 Å². The summed E-state index contributed by atoms with van der Waals surface area (Å²) in [6, 6.07) is 3.95. The molecule has 0 saturated heterocycles. The van der Waals surface area contributed by atoms with Crippen molar-refractivity contribution in [2.45, 2.75) is 6.92 Å². The number of carbonyl (C=O) groups is 2. The summed E-state index contributed by atoms with van der Waals surface area (Å²) < 4.78 is 12.8. The summed E-state index contributed by atoms with van der Waals surface area (Å²) in [5, 5.41) is 2.57. The van der Waals surface area contributed by atoms with Crippen LogP contribution >= 0.6 is 0 Å². The molecule has 1 aromatic rings. The Labute approximate surface area is 98.6 Å². The molecule has 0 aliphatic heterocycles. The van der Waals surface area contributed by atoms with Crippen LogP contribution in [0.1, 0.15) is 17.4 Å². The largest absolute Gasteiger partial charge is 0.355 e. The van der Waals surface area contributed by atoms with Gasteiger partial charge < -0.3 is 10.2 Å². The quantitative estimate of drug-likeness (QED) is 0.775. The van der Waals surface area contributed by atoms with Crippen LogP contribution in [0.15, 0.2) is 18.2 Å². The maximum atomic E-state index is 12.8. The van der Waals surface area contributed by atoms with Gasteiger partial charge in [-0.3, -0.25) is 9.59 Å². The van der Waals surface area contributed by atoms with Gasteiger partial charge >= 0.3 is 0 Å². The molecule has 1 rings (SSSR count). The van der Waals surface area contributed by atoms with Crippen LogP contribution in [-0.4, -0.2) is 41.8 Å². The second kappa shape index (κ2) is 5.93. The third kappa shape index (κ3) is 3.82. The van der Waals surface area contributed by atoms with Gasteiger partial charge in [-0.15, -0.1) is 0 Å². The first-order valence-corrected chi connectivity index (χ1v) is 5.19. The number of carbonyl (C=O) groups excluding carboxylic acids is 2. The van der Waals surface area contributed by atoms with Gasteiger partial charge in [0.15, 0.2) is 0 Å². The molecule has 92 valence electrons. The van der Waals surface area contributed by atoms with E-state index in [-0.39, 0.29) is 18.1 Å². The van der Waals surface area contributed by atoms with Crippen molar-refractivity contribution < 1.29 is 14.0 Å². The summed E-state index contributed by atoms with van der Waals surface area (Å²) in [6.45, 7) is 2.21. The van der Waals surface area contributed by atoms with Crippen molar-refractivity contribution in [1.82, 2.24) is 15.2 Å². The maximum absolute atomic E-state index is 12.8. The smallest absolute Gasteiger partial charge is 0.272 e. The third-order valence-corrected chi connectivity index (χ3v) is 2.04. The van der Waals surface area contributed by atoms with Crippen LogP contribution in [0.25, 0.3) is 0 Å². The molecular weight excluding hydrogens is 225 g/mol. The molecule has 0 unspecified atom stereocenters. The molecule has 2 amide bonds. The fraction of sp³-hybridized carbons (Fsp3) is 0.364. The average Bonchev–Trinajstić information content (AvgIpc) is 2.28. The maximum Gasteiger partial charge on any atom is 0.272 e. The zero-order chi connectivity index (χ0) is 12.8. The lowest BCUT2D eigenvalue weighted by atomic mass is 10.3. The molecule has 0 aliphatic carbocycles. The van der Waals surface area contributed by atoms with Crippen LogP contribution in [0.2, 0.25) is 0 Å². The highest BCUT2D eigenvalue weighted by atomic mass is 19.1. The normalized spacial score (nSPS) is 9.82. The first-order valence-electron chi connectivity index (χ1n) is 5.19. The zero-order valence-electron chi connectivity index (χ0n) is 9.74. The number of amides is 2. The number of hydrogen-bond donors (Lipinski definition) is 1. The molecule has 1 heterocycles. The Bertz CT molecular complexity index is 423. The van der Waals surface area contributed by atoms with Crippen LogP contribution in [-0.2, 0) is 4.79 Å². The highest BCUT2D eigenvalue weighted by Gasteiger charge is 2.15. The Balaban J connectivity index is 2.67. The van der Waals surface area contributed by atoms with Crippen molar-refractivity contribution in [2.75, 3.05) is 20.1 Å². The Morgan fingerprint density at radius 2 is 2.18 bits per heavy atom. The van der Waals surface area contributed by atoms with E-state index in [4.69, 9.17) is 0 Å². The minimum absolute atomic E-state index is 0.0169. The summed E-state index contributed by atoms with van der Waals surface area (Å²) >= 11 is 0. The number of halogens is 1. The van der Waals surface area contributed by atoms with E-state index < -0.39 is 11.9 Å². The van der Waals surface area contributed by atoms with Crippen LogP contribution in [0, 0.1) is 5.95 Å². The number of rotatable bonds is 4. The van der Waals surface area contributed by atoms with E-state index >= 15 is 0 Å². The fourth-order valence-corrected chi connectivity index (χ4v) is 1.26. The Morgan fingerprint density at radius 3 is 2.76 bits per heavy atom. The number of hydrogen-bond acceptors (Lipinski definition) is 3. The van der Waals surface area contributed by atoms with Crippen molar-refractivity contribution in [3.63, 3.8) is 0 Å². The number of nitrogens with zero attached hydrogens (tertiary/aromatic N) is 2. The number of pyridine rings is 1. The fourth-order valence-electron chi connectivity index (χ4n) is 1.26. The lowest BCUT2D eigenvalue weighted by molar-refractivity contribution is -0.121. The first kappa shape index (κ1) is 13.1. The minimum Gasteiger partial charge on any atom is -0.355 e.